The van der Waals surface area contributed by atoms with Gasteiger partial charge in [-0.05, 0) is 5.56 Å². The molecule has 1 aliphatic heterocycles. The SMILES string of the molecule is O=[N+]1C=Cc2ccccc2C1. The lowest BCUT2D eigenvalue weighted by Crippen LogP contribution is -2.05. The minimum atomic E-state index is 0.479. The third kappa shape index (κ3) is 1.07. The van der Waals surface area contributed by atoms with E-state index in [1.54, 1.807) is 6.20 Å². The van der Waals surface area contributed by atoms with Crippen LogP contribution in [0.15, 0.2) is 30.5 Å². The molecule has 0 amide bonds. The molecule has 0 aliphatic carbocycles. The first-order valence-corrected chi connectivity index (χ1v) is 3.56. The summed E-state index contributed by atoms with van der Waals surface area (Å²) in [6, 6.07) is 7.91. The van der Waals surface area contributed by atoms with Crippen LogP contribution in [-0.4, -0.2) is 4.76 Å². The minimum absolute atomic E-state index is 0.479. The van der Waals surface area contributed by atoms with Crippen LogP contribution in [0.2, 0.25) is 0 Å². The van der Waals surface area contributed by atoms with Gasteiger partial charge in [0, 0.05) is 21.3 Å². The Bertz CT molecular complexity index is 328. The zero-order chi connectivity index (χ0) is 7.68. The molecule has 2 heteroatoms. The summed E-state index contributed by atoms with van der Waals surface area (Å²) in [7, 11) is 0. The lowest BCUT2D eigenvalue weighted by molar-refractivity contribution is -0.496. The lowest BCUT2D eigenvalue weighted by Gasteiger charge is -2.02. The van der Waals surface area contributed by atoms with E-state index in [1.807, 2.05) is 30.3 Å². The smallest absolute Gasteiger partial charge is 0.0617 e. The Balaban J connectivity index is 2.54. The molecule has 0 aromatic heterocycles. The van der Waals surface area contributed by atoms with Crippen LogP contribution >= 0.6 is 0 Å². The van der Waals surface area contributed by atoms with Gasteiger partial charge >= 0.3 is 0 Å². The monoisotopic (exact) mass is 146 g/mol. The number of fused-ring (bicyclic) bond motifs is 1. The first-order chi connectivity index (χ1) is 5.36. The van der Waals surface area contributed by atoms with Gasteiger partial charge in [0.05, 0.1) is 0 Å². The fraction of sp³-hybridized carbons (Fsp3) is 0.111. The number of hydrogen-bond acceptors (Lipinski definition) is 1. The molecular formula is C9H8NO+. The summed E-state index contributed by atoms with van der Waals surface area (Å²) in [5.74, 6) is 0. The molecule has 0 atom stereocenters. The average Bonchev–Trinajstić information content (AvgIpc) is 2.04. The van der Waals surface area contributed by atoms with E-state index >= 15 is 0 Å². The molecular weight excluding hydrogens is 138 g/mol. The molecule has 0 fully saturated rings. The third-order valence-electron chi connectivity index (χ3n) is 1.80. The Morgan fingerprint density at radius 2 is 2.09 bits per heavy atom. The largest absolute Gasteiger partial charge is 0.223 e. The van der Waals surface area contributed by atoms with Crippen molar-refractivity contribution in [2.24, 2.45) is 0 Å². The van der Waals surface area contributed by atoms with Crippen LogP contribution in [0.5, 0.6) is 0 Å². The molecule has 0 saturated carbocycles. The van der Waals surface area contributed by atoms with Crippen molar-refractivity contribution in [3.8, 4) is 0 Å². The maximum atomic E-state index is 10.9. The number of rotatable bonds is 0. The van der Waals surface area contributed by atoms with E-state index < -0.39 is 0 Å². The quantitative estimate of drug-likeness (QED) is 0.512. The molecule has 2 rings (SSSR count). The highest BCUT2D eigenvalue weighted by molar-refractivity contribution is 5.53. The van der Waals surface area contributed by atoms with Gasteiger partial charge in [-0.2, -0.15) is 0 Å². The second-order valence-corrected chi connectivity index (χ2v) is 2.59. The fourth-order valence-electron chi connectivity index (χ4n) is 1.22. The van der Waals surface area contributed by atoms with Gasteiger partial charge in [0.15, 0.2) is 0 Å². The maximum Gasteiger partial charge on any atom is 0.223 e. The summed E-state index contributed by atoms with van der Waals surface area (Å²) < 4.78 is 0.933. The van der Waals surface area contributed by atoms with Gasteiger partial charge in [0.1, 0.15) is 0 Å². The van der Waals surface area contributed by atoms with E-state index in [9.17, 15) is 4.91 Å². The summed E-state index contributed by atoms with van der Waals surface area (Å²) in [5, 5.41) is 0. The van der Waals surface area contributed by atoms with E-state index in [0.29, 0.717) is 6.54 Å². The highest BCUT2D eigenvalue weighted by Crippen LogP contribution is 2.15. The molecule has 0 saturated heterocycles. The Morgan fingerprint density at radius 1 is 1.27 bits per heavy atom. The molecule has 0 unspecified atom stereocenters. The van der Waals surface area contributed by atoms with E-state index in [-0.39, 0.29) is 0 Å². The standard InChI is InChI=1S/C9H8NO/c11-10-6-5-8-3-1-2-4-9(8)7-10/h1-6H,7H2/q+1. The molecule has 0 N–H and O–H groups in total. The normalized spacial score (nSPS) is 14.7. The van der Waals surface area contributed by atoms with Crippen molar-refractivity contribution in [3.05, 3.63) is 46.5 Å². The zero-order valence-electron chi connectivity index (χ0n) is 6.03. The molecule has 1 aliphatic rings. The second kappa shape index (κ2) is 2.31. The second-order valence-electron chi connectivity index (χ2n) is 2.59. The zero-order valence-corrected chi connectivity index (χ0v) is 6.03. The van der Waals surface area contributed by atoms with Crippen molar-refractivity contribution in [1.29, 1.82) is 0 Å². The van der Waals surface area contributed by atoms with Crippen LogP contribution in [0.25, 0.3) is 6.08 Å². The van der Waals surface area contributed by atoms with Crippen molar-refractivity contribution in [2.75, 3.05) is 0 Å². The van der Waals surface area contributed by atoms with Gasteiger partial charge in [0.2, 0.25) is 12.7 Å². The van der Waals surface area contributed by atoms with Crippen molar-refractivity contribution in [1.82, 2.24) is 0 Å². The maximum absolute atomic E-state index is 10.9. The summed E-state index contributed by atoms with van der Waals surface area (Å²) in [5.41, 5.74) is 2.25. The topological polar surface area (TPSA) is 20.1 Å². The van der Waals surface area contributed by atoms with Crippen molar-refractivity contribution >= 4 is 6.08 Å². The van der Waals surface area contributed by atoms with Crippen LogP contribution in [-0.2, 0) is 6.54 Å². The summed E-state index contributed by atoms with van der Waals surface area (Å²) in [6.07, 6.45) is 3.40. The fourth-order valence-corrected chi connectivity index (χ4v) is 1.22. The van der Waals surface area contributed by atoms with Crippen LogP contribution in [0, 0.1) is 4.91 Å². The molecule has 11 heavy (non-hydrogen) atoms. The minimum Gasteiger partial charge on any atom is -0.0617 e. The van der Waals surface area contributed by atoms with Crippen LogP contribution in [0.3, 0.4) is 0 Å². The van der Waals surface area contributed by atoms with E-state index in [2.05, 4.69) is 0 Å². The number of benzene rings is 1. The number of hydrogen-bond donors (Lipinski definition) is 0. The first kappa shape index (κ1) is 6.28. The molecule has 1 aromatic rings. The Morgan fingerprint density at radius 3 is 3.00 bits per heavy atom. The van der Waals surface area contributed by atoms with Gasteiger partial charge in [0.25, 0.3) is 0 Å². The third-order valence-corrected chi connectivity index (χ3v) is 1.80. The highest BCUT2D eigenvalue weighted by Gasteiger charge is 2.13. The van der Waals surface area contributed by atoms with Gasteiger partial charge in [-0.15, -0.1) is 0 Å². The molecule has 54 valence electrons. The van der Waals surface area contributed by atoms with E-state index in [4.69, 9.17) is 0 Å². The highest BCUT2D eigenvalue weighted by atomic mass is 16.3. The van der Waals surface area contributed by atoms with Crippen LogP contribution in [0.4, 0.5) is 0 Å². The summed E-state index contributed by atoms with van der Waals surface area (Å²) >= 11 is 0. The summed E-state index contributed by atoms with van der Waals surface area (Å²) in [6.45, 7) is 0.479. The van der Waals surface area contributed by atoms with E-state index in [1.165, 1.54) is 0 Å². The predicted octanol–water partition coefficient (Wildman–Crippen LogP) is 1.95. The molecule has 0 radical (unpaired) electrons. The van der Waals surface area contributed by atoms with E-state index in [0.717, 1.165) is 15.9 Å². The summed E-state index contributed by atoms with van der Waals surface area (Å²) in [4.78, 5) is 10.9. The van der Waals surface area contributed by atoms with Gasteiger partial charge in [-0.25, -0.2) is 0 Å². The van der Waals surface area contributed by atoms with Crippen molar-refractivity contribution in [2.45, 2.75) is 6.54 Å². The van der Waals surface area contributed by atoms with Crippen molar-refractivity contribution in [3.63, 3.8) is 0 Å². The average molecular weight is 146 g/mol. The molecule has 1 aromatic carbocycles. The van der Waals surface area contributed by atoms with Gasteiger partial charge in [-0.3, -0.25) is 0 Å². The Kier molecular flexibility index (Phi) is 1.32. The van der Waals surface area contributed by atoms with Crippen LogP contribution in [0.1, 0.15) is 11.1 Å². The number of nitrogens with zero attached hydrogens (tertiary/aromatic N) is 1. The Labute approximate surface area is 64.7 Å². The molecule has 2 nitrogen and oxygen atoms in total. The lowest BCUT2D eigenvalue weighted by atomic mass is 10.1. The predicted molar refractivity (Wildman–Crippen MR) is 42.8 cm³/mol. The first-order valence-electron chi connectivity index (χ1n) is 3.56. The molecule has 0 spiro atoms. The number of nitroso groups, excluding NO2 is 1. The molecule has 0 bridgehead atoms. The molecule has 1 heterocycles. The Hall–Kier alpha value is -1.44. The van der Waals surface area contributed by atoms with Crippen LogP contribution < -0.4 is 0 Å². The van der Waals surface area contributed by atoms with Crippen molar-refractivity contribution < 1.29 is 4.76 Å². The van der Waals surface area contributed by atoms with Gasteiger partial charge < -0.3 is 0 Å². The van der Waals surface area contributed by atoms with Gasteiger partial charge in [-0.1, -0.05) is 24.3 Å².